The standard InChI is InChI=1S/C77H87BN2/c1-49(2)51-42-68-70-69(43-51)80(65-36-32-55(76(14,15)53-24-20-18-21-25-53)44-58(65)50-28-30-52(31-29-50)71(3,4)5)66-37-33-56(77(16,17)54-26-22-19-23-27-54)45-63(66)78(70)64-47-61-62(75(12,13)41-40-74(61,10)11)48-67(64)79(68)57-34-35-59-60(46-57)73(8,9)39-38-72(59,6)7/h18-37,42-49H,38-41H2,1-17H3. The molecule has 0 radical (unpaired) electrons. The van der Waals surface area contributed by atoms with Crippen molar-refractivity contribution in [2.75, 3.05) is 9.80 Å². The summed E-state index contributed by atoms with van der Waals surface area (Å²) >= 11 is 0. The third kappa shape index (κ3) is 8.65. The highest BCUT2D eigenvalue weighted by molar-refractivity contribution is 7.00. The minimum atomic E-state index is -0.258. The summed E-state index contributed by atoms with van der Waals surface area (Å²) < 4.78 is 0. The predicted molar refractivity (Wildman–Crippen MR) is 346 cm³/mol. The molecular formula is C77H87BN2. The average Bonchev–Trinajstić information content (AvgIpc) is 3.56. The first-order valence-electron chi connectivity index (χ1n) is 30.2. The lowest BCUT2D eigenvalue weighted by atomic mass is 9.32. The molecule has 0 bridgehead atoms. The smallest absolute Gasteiger partial charge is 0.252 e. The Hall–Kier alpha value is -6.58. The maximum Gasteiger partial charge on any atom is 0.252 e. The molecule has 8 aromatic rings. The highest BCUT2D eigenvalue weighted by atomic mass is 15.2. The van der Waals surface area contributed by atoms with E-state index in [2.05, 4.69) is 291 Å². The summed E-state index contributed by atoms with van der Waals surface area (Å²) in [6.07, 6.45) is 4.67. The molecule has 2 nitrogen and oxygen atoms in total. The Morgan fingerprint density at radius 2 is 0.850 bits per heavy atom. The van der Waals surface area contributed by atoms with Gasteiger partial charge in [0.05, 0.1) is 5.69 Å². The van der Waals surface area contributed by atoms with E-state index < -0.39 is 0 Å². The maximum atomic E-state index is 2.74. The second kappa shape index (κ2) is 18.5. The molecular weight excluding hydrogens is 964 g/mol. The van der Waals surface area contributed by atoms with Gasteiger partial charge in [-0.1, -0.05) is 233 Å². The second-order valence-corrected chi connectivity index (χ2v) is 29.8. The van der Waals surface area contributed by atoms with Crippen LogP contribution in [0.5, 0.6) is 0 Å². The van der Waals surface area contributed by atoms with Gasteiger partial charge in [0.15, 0.2) is 0 Å². The number of hydrogen-bond donors (Lipinski definition) is 0. The highest BCUT2D eigenvalue weighted by Gasteiger charge is 2.48. The van der Waals surface area contributed by atoms with Crippen LogP contribution in [0.3, 0.4) is 0 Å². The number of fused-ring (bicyclic) bond motifs is 6. The van der Waals surface area contributed by atoms with E-state index in [0.717, 1.165) is 12.8 Å². The Kier molecular flexibility index (Phi) is 12.5. The van der Waals surface area contributed by atoms with E-state index in [-0.39, 0.29) is 50.5 Å². The molecule has 0 spiro atoms. The van der Waals surface area contributed by atoms with E-state index in [1.807, 2.05) is 0 Å². The zero-order valence-corrected chi connectivity index (χ0v) is 51.5. The molecule has 0 fully saturated rings. The van der Waals surface area contributed by atoms with Gasteiger partial charge in [-0.25, -0.2) is 0 Å². The molecule has 0 unspecified atom stereocenters. The van der Waals surface area contributed by atoms with Crippen molar-refractivity contribution in [3.05, 3.63) is 219 Å². The van der Waals surface area contributed by atoms with Crippen LogP contribution in [-0.4, -0.2) is 6.71 Å². The van der Waals surface area contributed by atoms with Crippen LogP contribution in [0.25, 0.3) is 11.1 Å². The SMILES string of the molecule is CC(C)c1cc2c3c(c1)N(c1ccc(C(C)(C)c4ccccc4)cc1-c1ccc(C(C)(C)C)cc1)c1ccc(C(C)(C)c4ccccc4)cc1B3c1cc3c(cc1N2c1ccc2c(c1)C(C)(C)CCC2(C)C)C(C)(C)CCC3(C)C. The van der Waals surface area contributed by atoms with Crippen LogP contribution in [0, 0.1) is 0 Å². The Bertz CT molecular complexity index is 3730. The highest BCUT2D eigenvalue weighted by Crippen LogP contribution is 2.54. The summed E-state index contributed by atoms with van der Waals surface area (Å²) in [5.41, 5.74) is 27.8. The molecule has 2 aliphatic carbocycles. The van der Waals surface area contributed by atoms with E-state index in [4.69, 9.17) is 0 Å². The number of hydrogen-bond acceptors (Lipinski definition) is 2. The van der Waals surface area contributed by atoms with Crippen LogP contribution in [0.2, 0.25) is 0 Å². The van der Waals surface area contributed by atoms with Crippen LogP contribution >= 0.6 is 0 Å². The monoisotopic (exact) mass is 1050 g/mol. The third-order valence-electron chi connectivity index (χ3n) is 20.6. The molecule has 4 aliphatic rings. The molecule has 80 heavy (non-hydrogen) atoms. The van der Waals surface area contributed by atoms with Gasteiger partial charge in [-0.15, -0.1) is 0 Å². The molecule has 2 heterocycles. The van der Waals surface area contributed by atoms with Crippen LogP contribution in [-0.2, 0) is 37.9 Å². The number of anilines is 6. The lowest BCUT2D eigenvalue weighted by Gasteiger charge is -2.48. The second-order valence-electron chi connectivity index (χ2n) is 29.8. The zero-order valence-electron chi connectivity index (χ0n) is 51.5. The van der Waals surface area contributed by atoms with Crippen molar-refractivity contribution >= 4 is 57.2 Å². The molecule has 0 N–H and O–H groups in total. The quantitative estimate of drug-likeness (QED) is 0.140. The van der Waals surface area contributed by atoms with E-state index in [1.54, 1.807) is 0 Å². The van der Waals surface area contributed by atoms with Gasteiger partial charge >= 0.3 is 0 Å². The molecule has 0 saturated heterocycles. The molecule has 0 saturated carbocycles. The summed E-state index contributed by atoms with van der Waals surface area (Å²) in [6, 6.07) is 65.0. The van der Waals surface area contributed by atoms with Crippen molar-refractivity contribution in [3.63, 3.8) is 0 Å². The van der Waals surface area contributed by atoms with Crippen LogP contribution < -0.4 is 26.2 Å². The van der Waals surface area contributed by atoms with Gasteiger partial charge in [0.2, 0.25) is 0 Å². The van der Waals surface area contributed by atoms with Gasteiger partial charge in [-0.2, -0.15) is 0 Å². The van der Waals surface area contributed by atoms with Gasteiger partial charge in [0.1, 0.15) is 0 Å². The summed E-state index contributed by atoms with van der Waals surface area (Å²) in [4.78, 5) is 5.44. The van der Waals surface area contributed by atoms with E-state index >= 15 is 0 Å². The van der Waals surface area contributed by atoms with Crippen molar-refractivity contribution < 1.29 is 0 Å². The molecule has 0 atom stereocenters. The number of benzene rings is 8. The van der Waals surface area contributed by atoms with Gasteiger partial charge in [-0.3, -0.25) is 0 Å². The largest absolute Gasteiger partial charge is 0.311 e. The number of rotatable bonds is 8. The van der Waals surface area contributed by atoms with Crippen molar-refractivity contribution in [1.82, 2.24) is 0 Å². The Labute approximate surface area is 482 Å². The van der Waals surface area contributed by atoms with E-state index in [0.29, 0.717) is 0 Å². The molecule has 8 aromatic carbocycles. The summed E-state index contributed by atoms with van der Waals surface area (Å²) in [6.45, 7) is 41.2. The fourth-order valence-corrected chi connectivity index (χ4v) is 14.6. The Morgan fingerprint density at radius 1 is 0.388 bits per heavy atom. The lowest BCUT2D eigenvalue weighted by Crippen LogP contribution is -2.62. The first-order valence-corrected chi connectivity index (χ1v) is 30.2. The maximum absolute atomic E-state index is 2.74. The zero-order chi connectivity index (χ0) is 56.9. The molecule has 0 amide bonds. The first-order chi connectivity index (χ1) is 37.6. The Balaban J connectivity index is 1.21. The van der Waals surface area contributed by atoms with E-state index in [9.17, 15) is 0 Å². The topological polar surface area (TPSA) is 6.48 Å². The average molecular weight is 1050 g/mol. The Morgan fingerprint density at radius 3 is 1.39 bits per heavy atom. The molecule has 408 valence electrons. The molecule has 2 aliphatic heterocycles. The molecule has 12 rings (SSSR count). The normalized spacial score (nSPS) is 17.6. The molecule has 0 aromatic heterocycles. The predicted octanol–water partition coefficient (Wildman–Crippen LogP) is 19.2. The minimum absolute atomic E-state index is 0.0180. The van der Waals surface area contributed by atoms with Crippen molar-refractivity contribution in [3.8, 4) is 11.1 Å². The van der Waals surface area contributed by atoms with Gasteiger partial charge in [0, 0.05) is 44.8 Å². The third-order valence-corrected chi connectivity index (χ3v) is 20.6. The fourth-order valence-electron chi connectivity index (χ4n) is 14.6. The fraction of sp³-hybridized carbons (Fsp3) is 0.377. The van der Waals surface area contributed by atoms with Crippen LogP contribution in [0.4, 0.5) is 34.1 Å². The minimum Gasteiger partial charge on any atom is -0.311 e. The summed E-state index contributed by atoms with van der Waals surface area (Å²) in [5.74, 6) is 0.278. The van der Waals surface area contributed by atoms with Crippen LogP contribution in [0.15, 0.2) is 164 Å². The van der Waals surface area contributed by atoms with Crippen LogP contribution in [0.1, 0.15) is 205 Å². The number of nitrogens with zero attached hydrogens (tertiary/aromatic N) is 2. The van der Waals surface area contributed by atoms with Gasteiger partial charge < -0.3 is 9.80 Å². The van der Waals surface area contributed by atoms with E-state index in [1.165, 1.54) is 130 Å². The van der Waals surface area contributed by atoms with Gasteiger partial charge in [0.25, 0.3) is 6.71 Å². The van der Waals surface area contributed by atoms with Crippen molar-refractivity contribution in [2.24, 2.45) is 0 Å². The summed E-state index contributed by atoms with van der Waals surface area (Å²) in [7, 11) is 0. The first kappa shape index (κ1) is 54.0. The molecule has 3 heteroatoms. The van der Waals surface area contributed by atoms with Gasteiger partial charge in [-0.05, 0) is 185 Å². The van der Waals surface area contributed by atoms with Crippen molar-refractivity contribution in [2.45, 2.75) is 187 Å². The lowest BCUT2D eigenvalue weighted by molar-refractivity contribution is 0.332. The van der Waals surface area contributed by atoms with Crippen molar-refractivity contribution in [1.29, 1.82) is 0 Å². The summed E-state index contributed by atoms with van der Waals surface area (Å²) in [5, 5.41) is 0.